The molecule has 0 bridgehead atoms. The van der Waals surface area contributed by atoms with E-state index >= 15 is 0 Å². The number of fused-ring (bicyclic) bond motifs is 1. The highest BCUT2D eigenvalue weighted by Crippen LogP contribution is 2.27. The summed E-state index contributed by atoms with van der Waals surface area (Å²) in [6, 6.07) is 14.0. The maximum absolute atomic E-state index is 12.6. The molecule has 4 rings (SSSR count). The minimum absolute atomic E-state index is 0.326. The van der Waals surface area contributed by atoms with Crippen LogP contribution in [0.1, 0.15) is 12.8 Å². The lowest BCUT2D eigenvalue weighted by Gasteiger charge is -2.21. The van der Waals surface area contributed by atoms with Gasteiger partial charge in [0.25, 0.3) is 0 Å². The van der Waals surface area contributed by atoms with E-state index in [2.05, 4.69) is 10.3 Å². The summed E-state index contributed by atoms with van der Waals surface area (Å²) in [5.41, 5.74) is 2.75. The van der Waals surface area contributed by atoms with Crippen LogP contribution in [-0.2, 0) is 14.8 Å². The van der Waals surface area contributed by atoms with Gasteiger partial charge in [-0.15, -0.1) is 0 Å². The predicted molar refractivity (Wildman–Crippen MR) is 103 cm³/mol. The molecule has 27 heavy (non-hydrogen) atoms. The predicted octanol–water partition coefficient (Wildman–Crippen LogP) is 2.86. The molecule has 0 radical (unpaired) electrons. The molecule has 1 N–H and O–H groups in total. The van der Waals surface area contributed by atoms with E-state index in [-0.39, 0.29) is 5.91 Å². The minimum Gasteiger partial charge on any atom is -0.436 e. The number of carbonyl (C=O) groups is 1. The van der Waals surface area contributed by atoms with E-state index in [1.54, 1.807) is 18.2 Å². The van der Waals surface area contributed by atoms with Crippen molar-refractivity contribution in [2.45, 2.75) is 18.9 Å². The molecule has 1 atom stereocenters. The number of oxazole rings is 1. The summed E-state index contributed by atoms with van der Waals surface area (Å²) in [5.74, 6) is 0.138. The Balaban J connectivity index is 1.57. The van der Waals surface area contributed by atoms with Gasteiger partial charge in [-0.25, -0.2) is 13.4 Å². The summed E-state index contributed by atoms with van der Waals surface area (Å²) < 4.78 is 30.7. The van der Waals surface area contributed by atoms with Gasteiger partial charge in [0.15, 0.2) is 5.58 Å². The molecule has 1 fully saturated rings. The van der Waals surface area contributed by atoms with Crippen molar-refractivity contribution in [1.29, 1.82) is 0 Å². The molecule has 1 aliphatic heterocycles. The van der Waals surface area contributed by atoms with Crippen LogP contribution in [0.25, 0.3) is 22.6 Å². The third kappa shape index (κ3) is 3.58. The Morgan fingerprint density at radius 3 is 2.81 bits per heavy atom. The van der Waals surface area contributed by atoms with Gasteiger partial charge in [-0.1, -0.05) is 18.2 Å². The molecule has 3 aromatic rings. The van der Waals surface area contributed by atoms with E-state index in [0.717, 1.165) is 17.3 Å². The molecule has 1 aromatic heterocycles. The lowest BCUT2D eigenvalue weighted by Crippen LogP contribution is -2.42. The van der Waals surface area contributed by atoms with E-state index in [0.29, 0.717) is 36.5 Å². The van der Waals surface area contributed by atoms with Crippen LogP contribution in [0.5, 0.6) is 0 Å². The fraction of sp³-hybridized carbons (Fsp3) is 0.263. The Labute approximate surface area is 157 Å². The van der Waals surface area contributed by atoms with Crippen LogP contribution in [-0.4, -0.2) is 42.5 Å². The zero-order valence-electron chi connectivity index (χ0n) is 14.8. The summed E-state index contributed by atoms with van der Waals surface area (Å²) >= 11 is 0. The highest BCUT2D eigenvalue weighted by Gasteiger charge is 2.36. The van der Waals surface area contributed by atoms with Crippen LogP contribution >= 0.6 is 0 Å². The molecular weight excluding hydrogens is 366 g/mol. The van der Waals surface area contributed by atoms with Crippen molar-refractivity contribution < 1.29 is 17.6 Å². The molecular formula is C19H19N3O4S. The zero-order chi connectivity index (χ0) is 19.0. The first-order valence-electron chi connectivity index (χ1n) is 8.65. The van der Waals surface area contributed by atoms with Gasteiger partial charge in [0, 0.05) is 17.8 Å². The molecule has 0 saturated carbocycles. The first-order chi connectivity index (χ1) is 12.9. The third-order valence-electron chi connectivity index (χ3n) is 4.60. The van der Waals surface area contributed by atoms with Crippen molar-refractivity contribution >= 4 is 32.7 Å². The Morgan fingerprint density at radius 1 is 1.22 bits per heavy atom. The third-order valence-corrected chi connectivity index (χ3v) is 5.89. The van der Waals surface area contributed by atoms with Gasteiger partial charge in [-0.05, 0) is 43.2 Å². The average molecular weight is 385 g/mol. The molecule has 140 valence electrons. The summed E-state index contributed by atoms with van der Waals surface area (Å²) in [4.78, 5) is 17.1. The van der Waals surface area contributed by atoms with Crippen LogP contribution in [0.2, 0.25) is 0 Å². The number of benzene rings is 2. The van der Waals surface area contributed by atoms with Crippen molar-refractivity contribution in [2.75, 3.05) is 18.1 Å². The number of rotatable bonds is 4. The summed E-state index contributed by atoms with van der Waals surface area (Å²) in [5, 5.41) is 2.82. The fourth-order valence-corrected chi connectivity index (χ4v) is 4.47. The second kappa shape index (κ2) is 6.79. The van der Waals surface area contributed by atoms with Crippen LogP contribution in [0, 0.1) is 0 Å². The number of para-hydroxylation sites is 2. The van der Waals surface area contributed by atoms with Gasteiger partial charge < -0.3 is 9.73 Å². The molecule has 2 aromatic carbocycles. The molecule has 0 spiro atoms. The molecule has 2 heterocycles. The minimum atomic E-state index is -3.41. The quantitative estimate of drug-likeness (QED) is 0.745. The van der Waals surface area contributed by atoms with Crippen molar-refractivity contribution in [3.05, 3.63) is 48.5 Å². The first kappa shape index (κ1) is 17.7. The zero-order valence-corrected chi connectivity index (χ0v) is 15.6. The van der Waals surface area contributed by atoms with Crippen LogP contribution in [0.3, 0.4) is 0 Å². The van der Waals surface area contributed by atoms with E-state index in [4.69, 9.17) is 4.42 Å². The number of hydrogen-bond donors (Lipinski definition) is 1. The molecule has 1 amide bonds. The second-order valence-corrected chi connectivity index (χ2v) is 8.52. The second-order valence-electron chi connectivity index (χ2n) is 6.59. The van der Waals surface area contributed by atoms with Crippen molar-refractivity contribution in [3.8, 4) is 11.5 Å². The van der Waals surface area contributed by atoms with Crippen molar-refractivity contribution in [3.63, 3.8) is 0 Å². The van der Waals surface area contributed by atoms with Gasteiger partial charge in [0.1, 0.15) is 11.6 Å². The SMILES string of the molecule is CS(=O)(=O)N1CCC[C@@H]1C(=O)Nc1cccc(-c2nc3ccccc3o2)c1. The number of aromatic nitrogens is 1. The van der Waals surface area contributed by atoms with Gasteiger partial charge in [0.2, 0.25) is 21.8 Å². The summed E-state index contributed by atoms with van der Waals surface area (Å²) in [6.07, 6.45) is 2.32. The maximum Gasteiger partial charge on any atom is 0.242 e. The molecule has 0 unspecified atom stereocenters. The topological polar surface area (TPSA) is 92.5 Å². The van der Waals surface area contributed by atoms with Crippen molar-refractivity contribution in [1.82, 2.24) is 9.29 Å². The number of sulfonamides is 1. The number of hydrogen-bond acceptors (Lipinski definition) is 5. The van der Waals surface area contributed by atoms with Gasteiger partial charge >= 0.3 is 0 Å². The lowest BCUT2D eigenvalue weighted by molar-refractivity contribution is -0.119. The van der Waals surface area contributed by atoms with Gasteiger partial charge in [0.05, 0.1) is 6.26 Å². The standard InChI is InChI=1S/C19H19N3O4S/c1-27(24,25)22-11-5-9-16(22)18(23)20-14-7-4-6-13(12-14)19-21-15-8-2-3-10-17(15)26-19/h2-4,6-8,10,12,16H,5,9,11H2,1H3,(H,20,23)/t16-/m1/s1. The van der Waals surface area contributed by atoms with Crippen LogP contribution in [0.4, 0.5) is 5.69 Å². The molecule has 1 aliphatic rings. The normalized spacial score (nSPS) is 18.0. The largest absolute Gasteiger partial charge is 0.436 e. The van der Waals surface area contributed by atoms with Crippen molar-refractivity contribution in [2.24, 2.45) is 0 Å². The van der Waals surface area contributed by atoms with E-state index in [1.807, 2.05) is 30.3 Å². The first-order valence-corrected chi connectivity index (χ1v) is 10.5. The highest BCUT2D eigenvalue weighted by molar-refractivity contribution is 7.88. The number of amides is 1. The van der Waals surface area contributed by atoms with Crippen LogP contribution < -0.4 is 5.32 Å². The molecule has 1 saturated heterocycles. The van der Waals surface area contributed by atoms with E-state index < -0.39 is 16.1 Å². The Kier molecular flexibility index (Phi) is 4.45. The molecule has 7 nitrogen and oxygen atoms in total. The van der Waals surface area contributed by atoms with Gasteiger partial charge in [-0.2, -0.15) is 4.31 Å². The Morgan fingerprint density at radius 2 is 2.04 bits per heavy atom. The van der Waals surface area contributed by atoms with Crippen LogP contribution in [0.15, 0.2) is 52.9 Å². The smallest absolute Gasteiger partial charge is 0.242 e. The molecule has 0 aliphatic carbocycles. The number of nitrogens with one attached hydrogen (secondary N) is 1. The lowest BCUT2D eigenvalue weighted by atomic mass is 10.1. The number of carbonyl (C=O) groups excluding carboxylic acids is 1. The van der Waals surface area contributed by atoms with E-state index in [9.17, 15) is 13.2 Å². The molecule has 8 heteroatoms. The van der Waals surface area contributed by atoms with E-state index in [1.165, 1.54) is 4.31 Å². The fourth-order valence-electron chi connectivity index (χ4n) is 3.35. The monoisotopic (exact) mass is 385 g/mol. The number of anilines is 1. The average Bonchev–Trinajstić information content (AvgIpc) is 3.28. The Hall–Kier alpha value is -2.71. The van der Waals surface area contributed by atoms with Gasteiger partial charge in [-0.3, -0.25) is 4.79 Å². The highest BCUT2D eigenvalue weighted by atomic mass is 32.2. The number of nitrogens with zero attached hydrogens (tertiary/aromatic N) is 2. The Bertz CT molecular complexity index is 1070. The summed E-state index contributed by atoms with van der Waals surface area (Å²) in [6.45, 7) is 0.375. The summed E-state index contributed by atoms with van der Waals surface area (Å²) in [7, 11) is -3.41. The maximum atomic E-state index is 12.6.